The van der Waals surface area contributed by atoms with Gasteiger partial charge in [0.1, 0.15) is 0 Å². The summed E-state index contributed by atoms with van der Waals surface area (Å²) in [5.41, 5.74) is 0. The second-order valence-electron chi connectivity index (χ2n) is 0. The molecular weight excluding hydrogens is 263 g/mol. The SMILES string of the molecule is [AlH3].[AlH3].[AlH3].[Zr].[Zr]. The zero-order valence-corrected chi connectivity index (χ0v) is 5.92. The first-order chi connectivity index (χ1) is 0. The van der Waals surface area contributed by atoms with Crippen LogP contribution in [0.5, 0.6) is 0 Å². The zero-order valence-electron chi connectivity index (χ0n) is 1.00. The minimum absolute atomic E-state index is 0. The van der Waals surface area contributed by atoms with Gasteiger partial charge >= 0.3 is 0 Å². The molecule has 0 aliphatic heterocycles. The molecule has 0 aromatic heterocycles. The molecule has 0 aromatic rings. The third-order valence-electron chi connectivity index (χ3n) is 0. The summed E-state index contributed by atoms with van der Waals surface area (Å²) in [6.07, 6.45) is 0. The normalized spacial score (nSPS) is 0. The van der Waals surface area contributed by atoms with Crippen molar-refractivity contribution in [3.05, 3.63) is 0 Å². The number of hydrogen-bond acceptors (Lipinski definition) is 0. The Balaban J connectivity index is 0. The fourth-order valence-corrected chi connectivity index (χ4v) is 0. The summed E-state index contributed by atoms with van der Waals surface area (Å²) in [7, 11) is 0. The Morgan fingerprint density at radius 2 is 0.400 bits per heavy atom. The average molecular weight is 272 g/mol. The van der Waals surface area contributed by atoms with Crippen molar-refractivity contribution in [2.45, 2.75) is 0 Å². The Bertz CT molecular complexity index is 4.85. The van der Waals surface area contributed by atoms with Crippen molar-refractivity contribution >= 4 is 52.1 Å². The molecule has 0 nitrogen and oxygen atoms in total. The van der Waals surface area contributed by atoms with Crippen molar-refractivity contribution in [3.63, 3.8) is 0 Å². The molecule has 0 aliphatic rings. The van der Waals surface area contributed by atoms with E-state index >= 15 is 0 Å². The van der Waals surface area contributed by atoms with E-state index in [9.17, 15) is 0 Å². The van der Waals surface area contributed by atoms with Gasteiger partial charge in [-0.1, -0.05) is 0 Å². The molecule has 0 saturated heterocycles. The van der Waals surface area contributed by atoms with Crippen LogP contribution in [0.3, 0.4) is 0 Å². The van der Waals surface area contributed by atoms with Crippen LogP contribution in [0.25, 0.3) is 0 Å². The van der Waals surface area contributed by atoms with Gasteiger partial charge in [0.05, 0.1) is 0 Å². The van der Waals surface area contributed by atoms with Gasteiger partial charge in [0, 0.05) is 52.4 Å². The molecule has 0 unspecified atom stereocenters. The standard InChI is InChI=1S/3Al.2Zr.9H. The first kappa shape index (κ1) is 40.1. The molecule has 26 valence electrons. The molecule has 0 bridgehead atoms. The van der Waals surface area contributed by atoms with E-state index in [-0.39, 0.29) is 104 Å². The second-order valence-corrected chi connectivity index (χ2v) is 0. The summed E-state index contributed by atoms with van der Waals surface area (Å²) in [5.74, 6) is 0. The van der Waals surface area contributed by atoms with E-state index in [1.807, 2.05) is 0 Å². The molecule has 0 saturated carbocycles. The second kappa shape index (κ2) is 26.4. The molecule has 0 amide bonds. The summed E-state index contributed by atoms with van der Waals surface area (Å²) in [6, 6.07) is 0. The third-order valence-corrected chi connectivity index (χ3v) is 0. The van der Waals surface area contributed by atoms with Crippen molar-refractivity contribution in [2.24, 2.45) is 0 Å². The van der Waals surface area contributed by atoms with Gasteiger partial charge in [-0.05, 0) is 0 Å². The van der Waals surface area contributed by atoms with E-state index in [4.69, 9.17) is 0 Å². The molecule has 0 radical (unpaired) electrons. The Morgan fingerprint density at radius 3 is 0.400 bits per heavy atom. The van der Waals surface area contributed by atoms with Crippen LogP contribution in [-0.2, 0) is 52.4 Å². The number of hydrogen-bond donors (Lipinski definition) is 0. The summed E-state index contributed by atoms with van der Waals surface area (Å²) in [4.78, 5) is 0. The van der Waals surface area contributed by atoms with E-state index in [0.717, 1.165) is 0 Å². The van der Waals surface area contributed by atoms with Crippen LogP contribution in [0.1, 0.15) is 0 Å². The van der Waals surface area contributed by atoms with Crippen molar-refractivity contribution in [1.82, 2.24) is 0 Å². The summed E-state index contributed by atoms with van der Waals surface area (Å²) in [6.45, 7) is 0. The van der Waals surface area contributed by atoms with Crippen LogP contribution < -0.4 is 0 Å². The van der Waals surface area contributed by atoms with Crippen LogP contribution in [0.15, 0.2) is 0 Å². The predicted octanol–water partition coefficient (Wildman–Crippen LogP) is -3.56. The van der Waals surface area contributed by atoms with Crippen molar-refractivity contribution < 1.29 is 52.4 Å². The first-order valence-electron chi connectivity index (χ1n) is 0. The Labute approximate surface area is 102 Å². The Kier molecular flexibility index (Phi) is 211. The average Bonchev–Trinajstić information content (AvgIpc) is 0. The molecule has 0 aromatic carbocycles. The minimum Gasteiger partial charge on any atom is 0 e. The Morgan fingerprint density at radius 1 is 0.400 bits per heavy atom. The largest absolute Gasteiger partial charge is 0.187 e. The van der Waals surface area contributed by atoms with Crippen molar-refractivity contribution in [1.29, 1.82) is 0 Å². The van der Waals surface area contributed by atoms with Gasteiger partial charge in [0.25, 0.3) is 0 Å². The molecule has 0 atom stereocenters. The van der Waals surface area contributed by atoms with Gasteiger partial charge in [-0.3, -0.25) is 0 Å². The molecule has 0 spiro atoms. The molecule has 0 heterocycles. The first-order valence-corrected chi connectivity index (χ1v) is 0. The van der Waals surface area contributed by atoms with Crippen LogP contribution in [0, 0.1) is 0 Å². The van der Waals surface area contributed by atoms with Crippen molar-refractivity contribution in [2.75, 3.05) is 0 Å². The fourth-order valence-electron chi connectivity index (χ4n) is 0. The summed E-state index contributed by atoms with van der Waals surface area (Å²) < 4.78 is 0. The van der Waals surface area contributed by atoms with E-state index in [1.165, 1.54) is 0 Å². The van der Waals surface area contributed by atoms with Gasteiger partial charge in [0.15, 0.2) is 52.1 Å². The number of rotatable bonds is 0. The van der Waals surface area contributed by atoms with Gasteiger partial charge in [-0.2, -0.15) is 0 Å². The van der Waals surface area contributed by atoms with Crippen molar-refractivity contribution in [3.8, 4) is 0 Å². The van der Waals surface area contributed by atoms with Gasteiger partial charge in [-0.25, -0.2) is 0 Å². The fraction of sp³-hybridized carbons (Fsp3) is 0. The minimum atomic E-state index is 0. The molecule has 0 N–H and O–H groups in total. The maximum absolute atomic E-state index is 0. The molecule has 0 aliphatic carbocycles. The predicted molar refractivity (Wildman–Crippen MR) is 29.8 cm³/mol. The van der Waals surface area contributed by atoms with E-state index in [2.05, 4.69) is 0 Å². The van der Waals surface area contributed by atoms with Gasteiger partial charge in [-0.15, -0.1) is 0 Å². The molecular formula is H9Al3Zr2. The maximum atomic E-state index is 0. The molecule has 0 fully saturated rings. The molecule has 5 heteroatoms. The molecule has 5 heavy (non-hydrogen) atoms. The van der Waals surface area contributed by atoms with E-state index in [1.54, 1.807) is 0 Å². The van der Waals surface area contributed by atoms with Gasteiger partial charge in [0.2, 0.25) is 0 Å². The van der Waals surface area contributed by atoms with Crippen LogP contribution in [0.4, 0.5) is 0 Å². The summed E-state index contributed by atoms with van der Waals surface area (Å²) in [5, 5.41) is 0. The zero-order chi connectivity index (χ0) is 0. The summed E-state index contributed by atoms with van der Waals surface area (Å²) >= 11 is 0. The maximum Gasteiger partial charge on any atom is 0.187 e. The molecule has 0 rings (SSSR count). The third kappa shape index (κ3) is 18.7. The van der Waals surface area contributed by atoms with Crippen LogP contribution >= 0.6 is 0 Å². The quantitative estimate of drug-likeness (QED) is 0.401. The van der Waals surface area contributed by atoms with Crippen LogP contribution in [-0.4, -0.2) is 52.1 Å². The topological polar surface area (TPSA) is 0 Å². The van der Waals surface area contributed by atoms with Crippen LogP contribution in [0.2, 0.25) is 0 Å². The monoisotopic (exact) mass is 270 g/mol. The van der Waals surface area contributed by atoms with E-state index < -0.39 is 0 Å². The van der Waals surface area contributed by atoms with E-state index in [0.29, 0.717) is 0 Å². The smallest absolute Gasteiger partial charge is 0 e. The Hall–Kier alpha value is 3.36. The van der Waals surface area contributed by atoms with Gasteiger partial charge < -0.3 is 0 Å².